The second kappa shape index (κ2) is 8.49. The number of ether oxygens (including phenoxy) is 1. The fourth-order valence-corrected chi connectivity index (χ4v) is 3.52. The molecular formula is C21H18ClN5O4. The molecule has 31 heavy (non-hydrogen) atoms. The van der Waals surface area contributed by atoms with Crippen LogP contribution < -0.4 is 26.2 Å². The molecule has 4 N–H and O–H groups in total. The molecule has 0 aliphatic carbocycles. The molecule has 9 nitrogen and oxygen atoms in total. The monoisotopic (exact) mass is 439 g/mol. The van der Waals surface area contributed by atoms with Crippen LogP contribution in [0, 0.1) is 0 Å². The summed E-state index contributed by atoms with van der Waals surface area (Å²) in [5.41, 5.74) is 0.590. The van der Waals surface area contributed by atoms with Crippen molar-refractivity contribution < 1.29 is 14.3 Å². The topological polar surface area (TPSA) is 125 Å². The molecule has 1 aliphatic rings. The first-order chi connectivity index (χ1) is 14.9. The van der Waals surface area contributed by atoms with Crippen LogP contribution in [-0.4, -0.2) is 28.9 Å². The number of carbonyl (C=O) groups excluding carboxylic acids is 2. The highest BCUT2D eigenvalue weighted by molar-refractivity contribution is 6.30. The van der Waals surface area contributed by atoms with E-state index in [1.54, 1.807) is 48.5 Å². The third-order valence-corrected chi connectivity index (χ3v) is 4.95. The number of nitrogens with zero attached hydrogens (tertiary/aromatic N) is 1. The number of hydrogen-bond acceptors (Lipinski definition) is 6. The number of amides is 2. The van der Waals surface area contributed by atoms with Gasteiger partial charge in [0, 0.05) is 17.1 Å². The van der Waals surface area contributed by atoms with Gasteiger partial charge in [0.1, 0.15) is 11.6 Å². The summed E-state index contributed by atoms with van der Waals surface area (Å²) in [5, 5.41) is 8.68. The zero-order valence-electron chi connectivity index (χ0n) is 16.4. The van der Waals surface area contributed by atoms with Gasteiger partial charge in [-0.1, -0.05) is 29.8 Å². The van der Waals surface area contributed by atoms with Crippen molar-refractivity contribution in [2.24, 2.45) is 0 Å². The van der Waals surface area contributed by atoms with Gasteiger partial charge in [0.2, 0.25) is 17.8 Å². The summed E-state index contributed by atoms with van der Waals surface area (Å²) in [6, 6.07) is 13.7. The normalized spacial score (nSPS) is 14.9. The molecule has 3 aromatic rings. The lowest BCUT2D eigenvalue weighted by Gasteiger charge is -2.23. The molecule has 0 bridgehead atoms. The van der Waals surface area contributed by atoms with E-state index < -0.39 is 23.3 Å². The molecule has 2 aromatic carbocycles. The lowest BCUT2D eigenvalue weighted by molar-refractivity contribution is -0.123. The summed E-state index contributed by atoms with van der Waals surface area (Å²) in [4.78, 5) is 44.8. The van der Waals surface area contributed by atoms with Gasteiger partial charge in [0.15, 0.2) is 0 Å². The maximum atomic E-state index is 12.9. The van der Waals surface area contributed by atoms with Crippen molar-refractivity contribution in [1.82, 2.24) is 9.97 Å². The lowest BCUT2D eigenvalue weighted by atomic mass is 9.92. The van der Waals surface area contributed by atoms with Gasteiger partial charge in [-0.15, -0.1) is 0 Å². The van der Waals surface area contributed by atoms with Crippen LogP contribution in [0.3, 0.4) is 0 Å². The van der Waals surface area contributed by atoms with Crippen LogP contribution in [0.15, 0.2) is 53.3 Å². The Labute approximate surface area is 181 Å². The fourth-order valence-electron chi connectivity index (χ4n) is 3.33. The predicted molar refractivity (Wildman–Crippen MR) is 117 cm³/mol. The Morgan fingerprint density at radius 3 is 2.77 bits per heavy atom. The Bertz CT molecular complexity index is 1230. The largest absolute Gasteiger partial charge is 0.495 e. The minimum Gasteiger partial charge on any atom is -0.495 e. The van der Waals surface area contributed by atoms with E-state index in [1.807, 2.05) is 0 Å². The molecule has 10 heteroatoms. The molecular weight excluding hydrogens is 422 g/mol. The number of para-hydroxylation sites is 2. The number of benzene rings is 2. The van der Waals surface area contributed by atoms with E-state index >= 15 is 0 Å². The van der Waals surface area contributed by atoms with Gasteiger partial charge in [-0.3, -0.25) is 19.4 Å². The van der Waals surface area contributed by atoms with Crippen molar-refractivity contribution >= 4 is 46.6 Å². The fraction of sp³-hybridized carbons (Fsp3) is 0.143. The minimum atomic E-state index is -1.00. The van der Waals surface area contributed by atoms with Gasteiger partial charge in [0.25, 0.3) is 5.56 Å². The Balaban J connectivity index is 1.65. The predicted octanol–water partition coefficient (Wildman–Crippen LogP) is 3.24. The van der Waals surface area contributed by atoms with E-state index in [9.17, 15) is 14.4 Å². The number of hydrogen-bond donors (Lipinski definition) is 4. The molecule has 158 valence electrons. The Hall–Kier alpha value is -3.85. The molecule has 4 rings (SSSR count). The second-order valence-electron chi connectivity index (χ2n) is 6.81. The smallest absolute Gasteiger partial charge is 0.258 e. The molecule has 1 aromatic heterocycles. The quantitative estimate of drug-likeness (QED) is 0.483. The first-order valence-electron chi connectivity index (χ1n) is 9.35. The number of H-pyrrole nitrogens is 1. The zero-order valence-corrected chi connectivity index (χ0v) is 17.1. The highest BCUT2D eigenvalue weighted by Gasteiger charge is 2.34. The van der Waals surface area contributed by atoms with Crippen LogP contribution in [0.2, 0.25) is 5.02 Å². The third kappa shape index (κ3) is 4.36. The highest BCUT2D eigenvalue weighted by atomic mass is 35.5. The lowest BCUT2D eigenvalue weighted by Crippen LogP contribution is -2.36. The average Bonchev–Trinajstić information content (AvgIpc) is 2.73. The third-order valence-electron chi connectivity index (χ3n) is 4.72. The van der Waals surface area contributed by atoms with Crippen LogP contribution in [-0.2, 0) is 9.59 Å². The van der Waals surface area contributed by atoms with Gasteiger partial charge >= 0.3 is 0 Å². The Kier molecular flexibility index (Phi) is 5.59. The Morgan fingerprint density at radius 1 is 1.19 bits per heavy atom. The molecule has 0 radical (unpaired) electrons. The number of carbonyl (C=O) groups is 2. The molecule has 1 atom stereocenters. The zero-order chi connectivity index (χ0) is 22.0. The SMILES string of the molecule is COc1ccccc1Nc1nc2c(c(=O)[nH]1)[C@@H](C(=O)Nc1cccc(Cl)c1)CC(=O)N2. The van der Waals surface area contributed by atoms with Gasteiger partial charge in [-0.2, -0.15) is 4.98 Å². The minimum absolute atomic E-state index is 0.0312. The summed E-state index contributed by atoms with van der Waals surface area (Å²) >= 11 is 5.95. The number of anilines is 4. The Morgan fingerprint density at radius 2 is 2.00 bits per heavy atom. The van der Waals surface area contributed by atoms with Crippen LogP contribution in [0.4, 0.5) is 23.1 Å². The van der Waals surface area contributed by atoms with Crippen LogP contribution in [0.25, 0.3) is 0 Å². The van der Waals surface area contributed by atoms with Gasteiger partial charge in [0.05, 0.1) is 24.3 Å². The molecule has 0 spiro atoms. The van der Waals surface area contributed by atoms with Crippen molar-refractivity contribution in [2.45, 2.75) is 12.3 Å². The average molecular weight is 440 g/mol. The molecule has 0 unspecified atom stereocenters. The number of methoxy groups -OCH3 is 1. The van der Waals surface area contributed by atoms with Crippen LogP contribution >= 0.6 is 11.6 Å². The van der Waals surface area contributed by atoms with E-state index in [0.717, 1.165) is 0 Å². The summed E-state index contributed by atoms with van der Waals surface area (Å²) in [6.45, 7) is 0. The van der Waals surface area contributed by atoms with Crippen molar-refractivity contribution in [1.29, 1.82) is 0 Å². The van der Waals surface area contributed by atoms with Crippen molar-refractivity contribution in [3.8, 4) is 5.75 Å². The van der Waals surface area contributed by atoms with Crippen molar-refractivity contribution in [3.63, 3.8) is 0 Å². The number of aromatic amines is 1. The molecule has 0 saturated carbocycles. The van der Waals surface area contributed by atoms with Crippen LogP contribution in [0.1, 0.15) is 17.9 Å². The van der Waals surface area contributed by atoms with Gasteiger partial charge < -0.3 is 20.7 Å². The summed E-state index contributed by atoms with van der Waals surface area (Å²) < 4.78 is 5.28. The maximum Gasteiger partial charge on any atom is 0.258 e. The first kappa shape index (κ1) is 20.4. The van der Waals surface area contributed by atoms with Gasteiger partial charge in [-0.25, -0.2) is 0 Å². The number of nitrogens with one attached hydrogen (secondary N) is 4. The first-order valence-corrected chi connectivity index (χ1v) is 9.73. The second-order valence-corrected chi connectivity index (χ2v) is 7.24. The standard InChI is InChI=1S/C21H18ClN5O4/c1-31-15-8-3-2-7-14(15)24-21-26-18-17(20(30)27-21)13(10-16(28)25-18)19(29)23-12-6-4-5-11(22)9-12/h2-9,13H,10H2,1H3,(H,23,29)(H3,24,25,26,27,28,30)/t13-/m0/s1. The molecule has 0 saturated heterocycles. The van der Waals surface area contributed by atoms with Crippen LogP contribution in [0.5, 0.6) is 5.75 Å². The molecule has 2 amide bonds. The van der Waals surface area contributed by atoms with Crippen molar-refractivity contribution in [3.05, 3.63) is 69.5 Å². The molecule has 2 heterocycles. The highest BCUT2D eigenvalue weighted by Crippen LogP contribution is 2.31. The van der Waals surface area contributed by atoms with Crippen molar-refractivity contribution in [2.75, 3.05) is 23.1 Å². The van der Waals surface area contributed by atoms with E-state index in [4.69, 9.17) is 16.3 Å². The summed E-state index contributed by atoms with van der Waals surface area (Å²) in [5.74, 6) is -1.24. The van der Waals surface area contributed by atoms with E-state index in [-0.39, 0.29) is 23.8 Å². The van der Waals surface area contributed by atoms with E-state index in [2.05, 4.69) is 25.9 Å². The van der Waals surface area contributed by atoms with E-state index in [0.29, 0.717) is 22.1 Å². The van der Waals surface area contributed by atoms with Gasteiger partial charge in [-0.05, 0) is 30.3 Å². The molecule has 1 aliphatic heterocycles. The number of aromatic nitrogens is 2. The molecule has 0 fully saturated rings. The van der Waals surface area contributed by atoms with E-state index in [1.165, 1.54) is 7.11 Å². The summed E-state index contributed by atoms with van der Waals surface area (Å²) in [7, 11) is 1.52. The summed E-state index contributed by atoms with van der Waals surface area (Å²) in [6.07, 6.45) is -0.177. The maximum absolute atomic E-state index is 12.9. The number of fused-ring (bicyclic) bond motifs is 1. The number of rotatable bonds is 5. The number of halogens is 1.